The molecule has 0 saturated heterocycles. The van der Waals surface area contributed by atoms with E-state index in [-0.39, 0.29) is 25.7 Å². The Morgan fingerprint density at radius 1 is 0.323 bits per heavy atom. The van der Waals surface area contributed by atoms with Crippen LogP contribution >= 0.6 is 15.6 Å². The van der Waals surface area contributed by atoms with Crippen molar-refractivity contribution in [2.24, 2.45) is 5.92 Å². The molecule has 0 aliphatic carbocycles. The topological polar surface area (TPSA) is 237 Å². The maximum absolute atomic E-state index is 13.1. The van der Waals surface area contributed by atoms with Crippen molar-refractivity contribution >= 4 is 39.5 Å². The van der Waals surface area contributed by atoms with Gasteiger partial charge in [0.05, 0.1) is 26.4 Å². The molecule has 0 spiro atoms. The van der Waals surface area contributed by atoms with Crippen molar-refractivity contribution < 1.29 is 80.2 Å². The number of phosphoric acid groups is 2. The summed E-state index contributed by atoms with van der Waals surface area (Å²) in [4.78, 5) is 73.0. The Labute approximate surface area is 605 Å². The van der Waals surface area contributed by atoms with Crippen LogP contribution in [0.5, 0.6) is 0 Å². The molecule has 0 fully saturated rings. The summed E-state index contributed by atoms with van der Waals surface area (Å²) in [5.74, 6) is -1.41. The predicted octanol–water partition coefficient (Wildman–Crippen LogP) is 23.6. The molecule has 0 radical (unpaired) electrons. The first-order valence-electron chi connectivity index (χ1n) is 41.0. The first kappa shape index (κ1) is 96.5. The van der Waals surface area contributed by atoms with Crippen molar-refractivity contribution in [1.82, 2.24) is 0 Å². The van der Waals surface area contributed by atoms with E-state index in [1.165, 1.54) is 205 Å². The van der Waals surface area contributed by atoms with E-state index >= 15 is 0 Å². The van der Waals surface area contributed by atoms with Crippen LogP contribution in [-0.2, 0) is 65.4 Å². The number of carbonyl (C=O) groups excluding carboxylic acids is 4. The van der Waals surface area contributed by atoms with Crippen LogP contribution in [-0.4, -0.2) is 96.7 Å². The van der Waals surface area contributed by atoms with Gasteiger partial charge in [-0.05, 0) is 57.3 Å². The maximum Gasteiger partial charge on any atom is 0.472 e. The number of hydrogen-bond acceptors (Lipinski definition) is 15. The SMILES string of the molecule is CCCCCC/C=C\C=C/CCCCCCCC(=O)O[C@H](COC(=O)CCCCCCCCC(C)CC)COP(=O)(O)OC[C@H](O)COP(=O)(O)OC[C@@H](COC(=O)CCCCCCCCCCCCCCCCCCC)OC(=O)CCCCCCCCCCCCCCCCCCC. The molecule has 0 aliphatic heterocycles. The minimum atomic E-state index is -4.97. The molecule has 0 aromatic rings. The highest BCUT2D eigenvalue weighted by atomic mass is 31.2. The van der Waals surface area contributed by atoms with Gasteiger partial charge in [-0.15, -0.1) is 0 Å². The summed E-state index contributed by atoms with van der Waals surface area (Å²) in [6.07, 6.45) is 66.0. The van der Waals surface area contributed by atoms with E-state index in [2.05, 4.69) is 58.9 Å². The number of esters is 4. The summed E-state index contributed by atoms with van der Waals surface area (Å²) in [7, 11) is -9.93. The average molecular weight is 1450 g/mol. The fourth-order valence-electron chi connectivity index (χ4n) is 11.8. The highest BCUT2D eigenvalue weighted by molar-refractivity contribution is 7.47. The molecule has 19 heteroatoms. The van der Waals surface area contributed by atoms with Crippen LogP contribution in [0, 0.1) is 5.92 Å². The number of ether oxygens (including phenoxy) is 4. The van der Waals surface area contributed by atoms with Crippen LogP contribution in [0.1, 0.15) is 401 Å². The lowest BCUT2D eigenvalue weighted by Gasteiger charge is -2.21. The molecule has 6 atom stereocenters. The second kappa shape index (κ2) is 72.5. The second-order valence-corrected chi connectivity index (χ2v) is 31.3. The summed E-state index contributed by atoms with van der Waals surface area (Å²) < 4.78 is 68.6. The van der Waals surface area contributed by atoms with Gasteiger partial charge >= 0.3 is 39.5 Å². The monoisotopic (exact) mass is 1450 g/mol. The first-order valence-corrected chi connectivity index (χ1v) is 44.0. The van der Waals surface area contributed by atoms with E-state index < -0.39 is 97.5 Å². The van der Waals surface area contributed by atoms with Gasteiger partial charge in [0.25, 0.3) is 0 Å². The van der Waals surface area contributed by atoms with Crippen LogP contribution in [0.15, 0.2) is 24.3 Å². The molecule has 17 nitrogen and oxygen atoms in total. The third-order valence-electron chi connectivity index (χ3n) is 18.5. The molecule has 0 aliphatic rings. The van der Waals surface area contributed by atoms with Crippen LogP contribution in [0.4, 0.5) is 0 Å². The minimum absolute atomic E-state index is 0.0845. The quantitative estimate of drug-likeness (QED) is 0.0169. The van der Waals surface area contributed by atoms with Crippen molar-refractivity contribution in [3.05, 3.63) is 24.3 Å². The number of aliphatic hydroxyl groups excluding tert-OH is 1. The molecule has 3 unspecified atom stereocenters. The van der Waals surface area contributed by atoms with Crippen molar-refractivity contribution in [2.45, 2.75) is 419 Å². The van der Waals surface area contributed by atoms with E-state index in [1.54, 1.807) is 0 Å². The lowest BCUT2D eigenvalue weighted by molar-refractivity contribution is -0.161. The highest BCUT2D eigenvalue weighted by Gasteiger charge is 2.30. The number of carbonyl (C=O) groups is 4. The lowest BCUT2D eigenvalue weighted by atomic mass is 10.00. The zero-order valence-electron chi connectivity index (χ0n) is 64.1. The molecular formula is C80H152O17P2. The number of allylic oxidation sites excluding steroid dienone is 4. The molecule has 0 heterocycles. The third kappa shape index (κ3) is 72.3. The predicted molar refractivity (Wildman–Crippen MR) is 404 cm³/mol. The van der Waals surface area contributed by atoms with Crippen molar-refractivity contribution in [3.63, 3.8) is 0 Å². The Balaban J connectivity index is 5.28. The van der Waals surface area contributed by atoms with Crippen molar-refractivity contribution in [1.29, 1.82) is 0 Å². The number of rotatable bonds is 78. The van der Waals surface area contributed by atoms with E-state index in [0.29, 0.717) is 25.7 Å². The van der Waals surface area contributed by atoms with Gasteiger partial charge < -0.3 is 33.8 Å². The van der Waals surface area contributed by atoms with E-state index in [1.807, 2.05) is 0 Å². The number of hydrogen-bond donors (Lipinski definition) is 3. The second-order valence-electron chi connectivity index (χ2n) is 28.4. The Kier molecular flexibility index (Phi) is 70.7. The zero-order valence-corrected chi connectivity index (χ0v) is 65.9. The maximum atomic E-state index is 13.1. The molecule has 0 aromatic carbocycles. The van der Waals surface area contributed by atoms with Gasteiger partial charge in [0.15, 0.2) is 12.2 Å². The van der Waals surface area contributed by atoms with E-state index in [9.17, 15) is 43.2 Å². The molecule has 3 N–H and O–H groups in total. The van der Waals surface area contributed by atoms with Crippen LogP contribution in [0.2, 0.25) is 0 Å². The Hall–Kier alpha value is -2.46. The normalized spacial score (nSPS) is 14.3. The molecule has 0 aromatic heterocycles. The summed E-state index contributed by atoms with van der Waals surface area (Å²) in [6.45, 7) is 7.22. The van der Waals surface area contributed by atoms with Crippen LogP contribution in [0.3, 0.4) is 0 Å². The highest BCUT2D eigenvalue weighted by Crippen LogP contribution is 2.45. The molecule has 0 bridgehead atoms. The molecule has 0 saturated carbocycles. The third-order valence-corrected chi connectivity index (χ3v) is 20.4. The lowest BCUT2D eigenvalue weighted by Crippen LogP contribution is -2.30. The van der Waals surface area contributed by atoms with E-state index in [4.69, 9.17) is 37.0 Å². The summed E-state index contributed by atoms with van der Waals surface area (Å²) in [5.41, 5.74) is 0. The number of unbranched alkanes of at least 4 members (excludes halogenated alkanes) is 46. The van der Waals surface area contributed by atoms with Gasteiger partial charge in [0, 0.05) is 25.7 Å². The van der Waals surface area contributed by atoms with Crippen LogP contribution < -0.4 is 0 Å². The standard InChI is InChI=1S/C80H152O17P2/c1-6-10-13-16-19-22-25-28-31-33-36-38-41-44-47-53-58-63-77(82)90-69-75(96-79(84)65-61-56-49-46-43-40-37-34-32-29-26-23-20-17-14-11-7-2)71-94-98(86,87)92-67-74(81)68-93-99(88,89)95-72-76(70-91-78(83)64-59-54-51-50-52-57-62-73(5)9-4)97-80(85)66-60-55-48-45-42-39-35-30-27-24-21-18-15-12-8-3/h24,27,30,35,73-76,81H,6-23,25-26,28-29,31-34,36-72H2,1-5H3,(H,86,87)(H,88,89)/b27-24-,35-30-/t73?,74-,75-,76-/m1/s1. The largest absolute Gasteiger partial charge is 0.472 e. The van der Waals surface area contributed by atoms with Gasteiger partial charge in [-0.25, -0.2) is 9.13 Å². The van der Waals surface area contributed by atoms with E-state index in [0.717, 1.165) is 115 Å². The number of aliphatic hydroxyl groups is 1. The Morgan fingerprint density at radius 2 is 0.566 bits per heavy atom. The van der Waals surface area contributed by atoms with Gasteiger partial charge in [-0.2, -0.15) is 0 Å². The molecule has 584 valence electrons. The molecule has 0 amide bonds. The zero-order chi connectivity index (χ0) is 72.7. The summed E-state index contributed by atoms with van der Waals surface area (Å²) in [6, 6.07) is 0. The summed E-state index contributed by atoms with van der Waals surface area (Å²) in [5, 5.41) is 10.6. The smallest absolute Gasteiger partial charge is 0.462 e. The van der Waals surface area contributed by atoms with Gasteiger partial charge in [-0.1, -0.05) is 348 Å². The fourth-order valence-corrected chi connectivity index (χ4v) is 13.4. The molecule has 99 heavy (non-hydrogen) atoms. The van der Waals surface area contributed by atoms with Crippen molar-refractivity contribution in [3.8, 4) is 0 Å². The Bertz CT molecular complexity index is 1990. The average Bonchev–Trinajstić information content (AvgIpc) is 1.06. The van der Waals surface area contributed by atoms with Gasteiger partial charge in [0.2, 0.25) is 0 Å². The fraction of sp³-hybridized carbons (Fsp3) is 0.900. The molecule has 0 rings (SSSR count). The number of phosphoric ester groups is 2. The van der Waals surface area contributed by atoms with Crippen molar-refractivity contribution in [2.75, 3.05) is 39.6 Å². The van der Waals surface area contributed by atoms with Gasteiger partial charge in [0.1, 0.15) is 19.3 Å². The minimum Gasteiger partial charge on any atom is -0.462 e. The first-order chi connectivity index (χ1) is 48.1. The van der Waals surface area contributed by atoms with Gasteiger partial charge in [-0.3, -0.25) is 37.3 Å². The molecular weight excluding hydrogens is 1290 g/mol. The Morgan fingerprint density at radius 3 is 0.859 bits per heavy atom. The van der Waals surface area contributed by atoms with Crippen LogP contribution in [0.25, 0.3) is 0 Å². The summed E-state index contributed by atoms with van der Waals surface area (Å²) >= 11 is 0.